The molecule has 128 valence electrons. The van der Waals surface area contributed by atoms with E-state index in [-0.39, 0.29) is 5.75 Å². The van der Waals surface area contributed by atoms with Gasteiger partial charge in [-0.15, -0.1) is 10.2 Å². The van der Waals surface area contributed by atoms with Crippen LogP contribution in [0.3, 0.4) is 0 Å². The van der Waals surface area contributed by atoms with Gasteiger partial charge >= 0.3 is 6.18 Å². The molecular weight excluding hydrogens is 341 g/mol. The van der Waals surface area contributed by atoms with E-state index in [2.05, 4.69) is 10.2 Å². The third-order valence-corrected chi connectivity index (χ3v) is 4.36. The van der Waals surface area contributed by atoms with Crippen LogP contribution in [0, 0.1) is 0 Å². The van der Waals surface area contributed by atoms with Crippen LogP contribution in [-0.2, 0) is 4.79 Å². The van der Waals surface area contributed by atoms with E-state index in [0.717, 1.165) is 36.1 Å². The summed E-state index contributed by atoms with van der Waals surface area (Å²) in [5, 5.41) is 10.7. The molecule has 0 atom stereocenters. The molecule has 1 aliphatic carbocycles. The Morgan fingerprint density at radius 3 is 2.58 bits per heavy atom. The van der Waals surface area contributed by atoms with Crippen LogP contribution < -0.4 is 5.32 Å². The highest BCUT2D eigenvalue weighted by atomic mass is 32.2. The summed E-state index contributed by atoms with van der Waals surface area (Å²) >= 11 is 1.08. The summed E-state index contributed by atoms with van der Waals surface area (Å²) in [5.74, 6) is 0.351. The number of para-hydroxylation sites is 1. The number of thioether (sulfide) groups is 1. The lowest BCUT2D eigenvalue weighted by atomic mass is 10.3. The fourth-order valence-electron chi connectivity index (χ4n) is 2.18. The number of nitrogens with zero attached hydrogens (tertiary/aromatic N) is 3. The number of alkyl halides is 3. The molecule has 0 aliphatic heterocycles. The highest BCUT2D eigenvalue weighted by molar-refractivity contribution is 7.99. The summed E-state index contributed by atoms with van der Waals surface area (Å²) in [6, 6.07) is 9.47. The largest absolute Gasteiger partial charge is 0.405 e. The van der Waals surface area contributed by atoms with Gasteiger partial charge in [-0.2, -0.15) is 13.2 Å². The van der Waals surface area contributed by atoms with Gasteiger partial charge in [0.2, 0.25) is 5.91 Å². The third kappa shape index (κ3) is 4.28. The molecule has 1 aliphatic rings. The van der Waals surface area contributed by atoms with Crippen LogP contribution >= 0.6 is 11.8 Å². The molecule has 0 bridgehead atoms. The zero-order valence-corrected chi connectivity index (χ0v) is 13.4. The number of rotatable bonds is 6. The van der Waals surface area contributed by atoms with Gasteiger partial charge in [-0.3, -0.25) is 9.36 Å². The van der Waals surface area contributed by atoms with Crippen LogP contribution in [0.15, 0.2) is 35.5 Å². The van der Waals surface area contributed by atoms with Crippen LogP contribution in [-0.4, -0.2) is 39.1 Å². The molecule has 1 heterocycles. The molecule has 5 nitrogen and oxygen atoms in total. The third-order valence-electron chi connectivity index (χ3n) is 3.43. The first-order valence-corrected chi connectivity index (χ1v) is 8.39. The van der Waals surface area contributed by atoms with Crippen molar-refractivity contribution in [1.29, 1.82) is 0 Å². The summed E-state index contributed by atoms with van der Waals surface area (Å²) in [6.07, 6.45) is -2.33. The quantitative estimate of drug-likeness (QED) is 0.809. The average Bonchev–Trinajstić information content (AvgIpc) is 3.31. The van der Waals surface area contributed by atoms with Gasteiger partial charge in [-0.05, 0) is 25.0 Å². The number of nitrogens with one attached hydrogen (secondary N) is 1. The van der Waals surface area contributed by atoms with Crippen molar-refractivity contribution >= 4 is 17.7 Å². The lowest BCUT2D eigenvalue weighted by molar-refractivity contribution is -0.136. The van der Waals surface area contributed by atoms with E-state index in [1.807, 2.05) is 40.2 Å². The van der Waals surface area contributed by atoms with Crippen LogP contribution in [0.2, 0.25) is 0 Å². The molecule has 1 aromatic carbocycles. The minimum atomic E-state index is -4.41. The average molecular weight is 356 g/mol. The molecular formula is C15H15F3N4OS. The second kappa shape index (κ2) is 6.84. The summed E-state index contributed by atoms with van der Waals surface area (Å²) in [6.45, 7) is -1.33. The zero-order valence-electron chi connectivity index (χ0n) is 12.6. The Morgan fingerprint density at radius 2 is 1.96 bits per heavy atom. The predicted molar refractivity (Wildman–Crippen MR) is 83.1 cm³/mol. The summed E-state index contributed by atoms with van der Waals surface area (Å²) in [4.78, 5) is 11.6. The maximum absolute atomic E-state index is 12.1. The van der Waals surface area contributed by atoms with Crippen LogP contribution in [0.25, 0.3) is 5.69 Å². The van der Waals surface area contributed by atoms with Gasteiger partial charge < -0.3 is 5.32 Å². The standard InChI is InChI=1S/C15H15F3N4OS/c16-15(17,18)9-19-12(23)8-24-14-21-20-13(10-6-7-10)22(14)11-4-2-1-3-5-11/h1-5,10H,6-9H2,(H,19,23). The van der Waals surface area contributed by atoms with E-state index in [9.17, 15) is 18.0 Å². The molecule has 1 N–H and O–H groups in total. The van der Waals surface area contributed by atoms with Gasteiger partial charge in [-0.1, -0.05) is 30.0 Å². The highest BCUT2D eigenvalue weighted by Crippen LogP contribution is 2.41. The van der Waals surface area contributed by atoms with E-state index in [1.54, 1.807) is 0 Å². The Balaban J connectivity index is 1.71. The molecule has 0 saturated heterocycles. The van der Waals surface area contributed by atoms with Crippen molar-refractivity contribution in [2.24, 2.45) is 0 Å². The van der Waals surface area contributed by atoms with Gasteiger partial charge in [0.05, 0.1) is 5.75 Å². The smallest absolute Gasteiger partial charge is 0.346 e. The van der Waals surface area contributed by atoms with E-state index in [4.69, 9.17) is 0 Å². The number of hydrogen-bond acceptors (Lipinski definition) is 4. The molecule has 0 radical (unpaired) electrons. The Bertz CT molecular complexity index is 713. The molecule has 1 amide bonds. The molecule has 1 saturated carbocycles. The number of carbonyl (C=O) groups excluding carboxylic acids is 1. The van der Waals surface area contributed by atoms with Crippen molar-refractivity contribution in [1.82, 2.24) is 20.1 Å². The molecule has 1 aromatic heterocycles. The fourth-order valence-corrected chi connectivity index (χ4v) is 2.97. The van der Waals surface area contributed by atoms with E-state index >= 15 is 0 Å². The second-order valence-corrected chi connectivity index (χ2v) is 6.41. The molecule has 0 spiro atoms. The molecule has 24 heavy (non-hydrogen) atoms. The summed E-state index contributed by atoms with van der Waals surface area (Å²) in [7, 11) is 0. The minimum absolute atomic E-state index is 0.147. The lowest BCUT2D eigenvalue weighted by Crippen LogP contribution is -2.34. The lowest BCUT2D eigenvalue weighted by Gasteiger charge is -2.10. The summed E-state index contributed by atoms with van der Waals surface area (Å²) < 4.78 is 38.2. The molecule has 9 heteroatoms. The molecule has 1 fully saturated rings. The van der Waals surface area contributed by atoms with Gasteiger partial charge in [0.15, 0.2) is 5.16 Å². The van der Waals surface area contributed by atoms with Crippen molar-refractivity contribution in [2.75, 3.05) is 12.3 Å². The van der Waals surface area contributed by atoms with E-state index in [1.165, 1.54) is 0 Å². The summed E-state index contributed by atoms with van der Waals surface area (Å²) in [5.41, 5.74) is 0.877. The zero-order chi connectivity index (χ0) is 17.2. The first-order chi connectivity index (χ1) is 11.4. The van der Waals surface area contributed by atoms with Crippen molar-refractivity contribution in [3.05, 3.63) is 36.2 Å². The van der Waals surface area contributed by atoms with Crippen molar-refractivity contribution < 1.29 is 18.0 Å². The van der Waals surface area contributed by atoms with Crippen molar-refractivity contribution in [3.63, 3.8) is 0 Å². The van der Waals surface area contributed by atoms with Crippen LogP contribution in [0.5, 0.6) is 0 Å². The Hall–Kier alpha value is -2.03. The minimum Gasteiger partial charge on any atom is -0.346 e. The second-order valence-electron chi connectivity index (χ2n) is 5.47. The Labute approximate surface area is 140 Å². The van der Waals surface area contributed by atoms with E-state index < -0.39 is 18.6 Å². The normalized spacial score (nSPS) is 14.6. The first kappa shape index (κ1) is 16.8. The van der Waals surface area contributed by atoms with Gasteiger partial charge in [0.1, 0.15) is 12.4 Å². The predicted octanol–water partition coefficient (Wildman–Crippen LogP) is 2.92. The maximum Gasteiger partial charge on any atom is 0.405 e. The van der Waals surface area contributed by atoms with Gasteiger partial charge in [0, 0.05) is 11.6 Å². The molecule has 0 unspecified atom stereocenters. The SMILES string of the molecule is O=C(CSc1nnc(C2CC2)n1-c1ccccc1)NCC(F)(F)F. The van der Waals surface area contributed by atoms with Crippen LogP contribution in [0.4, 0.5) is 13.2 Å². The van der Waals surface area contributed by atoms with Crippen molar-refractivity contribution in [3.8, 4) is 5.69 Å². The van der Waals surface area contributed by atoms with Gasteiger partial charge in [0.25, 0.3) is 0 Å². The molecule has 2 aromatic rings. The number of halogens is 3. The van der Waals surface area contributed by atoms with Crippen molar-refractivity contribution in [2.45, 2.75) is 30.1 Å². The number of benzene rings is 1. The Morgan fingerprint density at radius 1 is 1.25 bits per heavy atom. The number of hydrogen-bond donors (Lipinski definition) is 1. The van der Waals surface area contributed by atoms with Gasteiger partial charge in [-0.25, -0.2) is 0 Å². The number of aromatic nitrogens is 3. The number of amides is 1. The Kier molecular flexibility index (Phi) is 4.79. The monoisotopic (exact) mass is 356 g/mol. The van der Waals surface area contributed by atoms with Crippen LogP contribution in [0.1, 0.15) is 24.6 Å². The fraction of sp³-hybridized carbons (Fsp3) is 0.400. The molecule has 3 rings (SSSR count). The van der Waals surface area contributed by atoms with E-state index in [0.29, 0.717) is 11.1 Å². The number of carbonyl (C=O) groups is 1. The maximum atomic E-state index is 12.1. The first-order valence-electron chi connectivity index (χ1n) is 7.41. The topological polar surface area (TPSA) is 59.8 Å². The highest BCUT2D eigenvalue weighted by Gasteiger charge is 2.31.